The van der Waals surface area contributed by atoms with E-state index in [-0.39, 0.29) is 12.1 Å². The number of hydrogen-bond acceptors (Lipinski definition) is 7. The van der Waals surface area contributed by atoms with Crippen LogP contribution in [0.15, 0.2) is 30.3 Å². The van der Waals surface area contributed by atoms with E-state index in [9.17, 15) is 4.79 Å². The molecule has 0 unspecified atom stereocenters. The summed E-state index contributed by atoms with van der Waals surface area (Å²) in [4.78, 5) is 24.7. The Morgan fingerprint density at radius 1 is 0.966 bits per heavy atom. The van der Waals surface area contributed by atoms with Gasteiger partial charge in [-0.05, 0) is 32.9 Å². The zero-order valence-corrected chi connectivity index (χ0v) is 17.6. The lowest BCUT2D eigenvalue weighted by Crippen LogP contribution is -2.50. The van der Waals surface area contributed by atoms with Crippen LogP contribution < -0.4 is 14.4 Å². The predicted molar refractivity (Wildman–Crippen MR) is 111 cm³/mol. The minimum Gasteiger partial charge on any atom is -0.481 e. The van der Waals surface area contributed by atoms with Gasteiger partial charge in [-0.3, -0.25) is 0 Å². The van der Waals surface area contributed by atoms with Crippen LogP contribution >= 0.6 is 0 Å². The Labute approximate surface area is 171 Å². The Balaban J connectivity index is 1.65. The molecule has 2 heterocycles. The number of hydrogen-bond donors (Lipinski definition) is 0. The Morgan fingerprint density at radius 3 is 2.17 bits per heavy atom. The number of piperazine rings is 1. The van der Waals surface area contributed by atoms with E-state index in [0.29, 0.717) is 19.0 Å². The van der Waals surface area contributed by atoms with Crippen molar-refractivity contribution < 1.29 is 19.0 Å². The molecule has 29 heavy (non-hydrogen) atoms. The van der Waals surface area contributed by atoms with E-state index in [1.807, 2.05) is 32.9 Å². The van der Waals surface area contributed by atoms with Gasteiger partial charge in [-0.15, -0.1) is 0 Å². The molecule has 0 N–H and O–H groups in total. The minimum absolute atomic E-state index is 0.251. The number of methoxy groups -OCH3 is 2. The number of amides is 1. The van der Waals surface area contributed by atoms with E-state index < -0.39 is 5.60 Å². The first-order valence-corrected chi connectivity index (χ1v) is 9.59. The van der Waals surface area contributed by atoms with Gasteiger partial charge >= 0.3 is 12.1 Å². The summed E-state index contributed by atoms with van der Waals surface area (Å²) in [6, 6.07) is 10.2. The largest absolute Gasteiger partial charge is 0.481 e. The summed E-state index contributed by atoms with van der Waals surface area (Å²) in [5.74, 6) is 0.453. The lowest BCUT2D eigenvalue weighted by atomic mass is 10.1. The second-order valence-electron chi connectivity index (χ2n) is 7.78. The number of aromatic nitrogens is 2. The smallest absolute Gasteiger partial charge is 0.410 e. The van der Waals surface area contributed by atoms with Gasteiger partial charge in [0.05, 0.1) is 19.9 Å². The SMILES string of the molecule is COc1cc(-c2ccc(N3CCN(C(=O)OC(C)(C)C)CC3)cc2)nc(OC)n1. The summed E-state index contributed by atoms with van der Waals surface area (Å²) < 4.78 is 15.8. The summed E-state index contributed by atoms with van der Waals surface area (Å²) in [5.41, 5.74) is 2.30. The third-order valence-electron chi connectivity index (χ3n) is 4.53. The molecule has 0 spiro atoms. The Bertz CT molecular complexity index is 818. The van der Waals surface area contributed by atoms with Crippen molar-refractivity contribution in [1.82, 2.24) is 14.9 Å². The van der Waals surface area contributed by atoms with Gasteiger partial charge < -0.3 is 24.0 Å². The van der Waals surface area contributed by atoms with Gasteiger partial charge in [0.2, 0.25) is 5.88 Å². The molecule has 0 radical (unpaired) electrons. The maximum atomic E-state index is 12.2. The van der Waals surface area contributed by atoms with Crippen molar-refractivity contribution in [3.05, 3.63) is 30.3 Å². The van der Waals surface area contributed by atoms with Gasteiger partial charge in [-0.2, -0.15) is 9.97 Å². The molecule has 8 heteroatoms. The highest BCUT2D eigenvalue weighted by Crippen LogP contribution is 2.26. The van der Waals surface area contributed by atoms with Crippen molar-refractivity contribution in [2.75, 3.05) is 45.3 Å². The molecule has 3 rings (SSSR count). The number of carbonyl (C=O) groups is 1. The molecule has 1 aliphatic heterocycles. The van der Waals surface area contributed by atoms with Crippen LogP contribution in [0.3, 0.4) is 0 Å². The number of ether oxygens (including phenoxy) is 3. The van der Waals surface area contributed by atoms with Crippen LogP contribution in [-0.2, 0) is 4.74 Å². The van der Waals surface area contributed by atoms with Gasteiger partial charge in [0.1, 0.15) is 5.60 Å². The number of anilines is 1. The first-order valence-electron chi connectivity index (χ1n) is 9.59. The van der Waals surface area contributed by atoms with Crippen LogP contribution in [0, 0.1) is 0 Å². The van der Waals surface area contributed by atoms with Crippen molar-refractivity contribution >= 4 is 11.8 Å². The first kappa shape index (κ1) is 20.7. The van der Waals surface area contributed by atoms with Crippen molar-refractivity contribution in [2.24, 2.45) is 0 Å². The molecule has 1 fully saturated rings. The summed E-state index contributed by atoms with van der Waals surface area (Å²) >= 11 is 0. The zero-order valence-electron chi connectivity index (χ0n) is 17.6. The Hall–Kier alpha value is -3.03. The fourth-order valence-corrected chi connectivity index (χ4v) is 3.06. The van der Waals surface area contributed by atoms with Crippen LogP contribution in [0.25, 0.3) is 11.3 Å². The average Bonchev–Trinajstić information content (AvgIpc) is 2.72. The summed E-state index contributed by atoms with van der Waals surface area (Å²) in [6.07, 6.45) is -0.251. The van der Waals surface area contributed by atoms with Crippen molar-refractivity contribution in [3.63, 3.8) is 0 Å². The van der Waals surface area contributed by atoms with Crippen LogP contribution in [0.5, 0.6) is 11.9 Å². The Morgan fingerprint density at radius 2 is 1.62 bits per heavy atom. The quantitative estimate of drug-likeness (QED) is 0.780. The molecule has 1 saturated heterocycles. The van der Waals surface area contributed by atoms with Gasteiger partial charge in [0, 0.05) is 43.5 Å². The summed E-state index contributed by atoms with van der Waals surface area (Å²) in [6.45, 7) is 8.43. The molecule has 0 aliphatic carbocycles. The third-order valence-corrected chi connectivity index (χ3v) is 4.53. The number of rotatable bonds is 4. The molecule has 1 aromatic heterocycles. The fourth-order valence-electron chi connectivity index (χ4n) is 3.06. The molecule has 8 nitrogen and oxygen atoms in total. The van der Waals surface area contributed by atoms with Crippen molar-refractivity contribution in [1.29, 1.82) is 0 Å². The maximum Gasteiger partial charge on any atom is 0.410 e. The molecule has 1 amide bonds. The third kappa shape index (κ3) is 5.28. The average molecular weight is 400 g/mol. The van der Waals surface area contributed by atoms with Crippen molar-refractivity contribution in [2.45, 2.75) is 26.4 Å². The zero-order chi connectivity index (χ0) is 21.0. The standard InChI is InChI=1S/C21H28N4O4/c1-21(2,3)29-20(26)25-12-10-24(11-13-25)16-8-6-15(7-9-16)17-14-18(27-4)23-19(22-17)28-5/h6-9,14H,10-13H2,1-5H3. The van der Waals surface area contributed by atoms with Crippen LogP contribution in [-0.4, -0.2) is 67.0 Å². The molecule has 1 aromatic carbocycles. The molecular formula is C21H28N4O4. The number of benzene rings is 1. The molecule has 0 bridgehead atoms. The van der Waals surface area contributed by atoms with E-state index >= 15 is 0 Å². The first-order chi connectivity index (χ1) is 13.8. The van der Waals surface area contributed by atoms with Gasteiger partial charge in [-0.1, -0.05) is 12.1 Å². The second-order valence-corrected chi connectivity index (χ2v) is 7.78. The second kappa shape index (κ2) is 8.55. The molecule has 0 atom stereocenters. The van der Waals surface area contributed by atoms with Gasteiger partial charge in [0.15, 0.2) is 0 Å². The molecule has 0 saturated carbocycles. The highest BCUT2D eigenvalue weighted by molar-refractivity contribution is 5.69. The normalized spacial score (nSPS) is 14.5. The van der Waals surface area contributed by atoms with Crippen molar-refractivity contribution in [3.8, 4) is 23.1 Å². The Kier molecular flexibility index (Phi) is 6.10. The van der Waals surface area contributed by atoms with Gasteiger partial charge in [0.25, 0.3) is 0 Å². The van der Waals surface area contributed by atoms with Crippen LogP contribution in [0.1, 0.15) is 20.8 Å². The maximum absolute atomic E-state index is 12.2. The topological polar surface area (TPSA) is 77.0 Å². The van der Waals surface area contributed by atoms with E-state index in [2.05, 4.69) is 27.0 Å². The number of carbonyl (C=O) groups excluding carboxylic acids is 1. The highest BCUT2D eigenvalue weighted by atomic mass is 16.6. The molecule has 1 aliphatic rings. The molecule has 156 valence electrons. The molecular weight excluding hydrogens is 372 g/mol. The van der Waals surface area contributed by atoms with Crippen LogP contribution in [0.4, 0.5) is 10.5 Å². The number of nitrogens with zero attached hydrogens (tertiary/aromatic N) is 4. The van der Waals surface area contributed by atoms with E-state index in [1.54, 1.807) is 18.1 Å². The summed E-state index contributed by atoms with van der Waals surface area (Å²) in [5, 5.41) is 0. The fraction of sp³-hybridized carbons (Fsp3) is 0.476. The van der Waals surface area contributed by atoms with Gasteiger partial charge in [-0.25, -0.2) is 4.79 Å². The van der Waals surface area contributed by atoms with E-state index in [0.717, 1.165) is 30.0 Å². The monoisotopic (exact) mass is 400 g/mol. The van der Waals surface area contributed by atoms with E-state index in [4.69, 9.17) is 14.2 Å². The lowest BCUT2D eigenvalue weighted by molar-refractivity contribution is 0.0240. The van der Waals surface area contributed by atoms with E-state index in [1.165, 1.54) is 7.11 Å². The van der Waals surface area contributed by atoms with Crippen LogP contribution in [0.2, 0.25) is 0 Å². The minimum atomic E-state index is -0.476. The lowest BCUT2D eigenvalue weighted by Gasteiger charge is -2.36. The summed E-state index contributed by atoms with van der Waals surface area (Å²) in [7, 11) is 3.09. The predicted octanol–water partition coefficient (Wildman–Crippen LogP) is 3.22. The highest BCUT2D eigenvalue weighted by Gasteiger charge is 2.26. The molecule has 2 aromatic rings.